The first-order chi connectivity index (χ1) is 12.1. The fourth-order valence-electron chi connectivity index (χ4n) is 3.43. The lowest BCUT2D eigenvalue weighted by atomic mass is 9.94. The second kappa shape index (κ2) is 6.23. The third kappa shape index (κ3) is 3.09. The predicted octanol–water partition coefficient (Wildman–Crippen LogP) is 1.69. The minimum Gasteiger partial charge on any atom is -0.408 e. The van der Waals surface area contributed by atoms with Crippen LogP contribution in [0.25, 0.3) is 11.1 Å². The first-order valence-electron chi connectivity index (χ1n) is 8.50. The maximum atomic E-state index is 12.3. The molecule has 130 valence electrons. The number of aryl methyl sites for hydroxylation is 3. The van der Waals surface area contributed by atoms with E-state index in [9.17, 15) is 9.59 Å². The van der Waals surface area contributed by atoms with E-state index < -0.39 is 5.76 Å². The molecule has 2 aromatic heterocycles. The highest BCUT2D eigenvalue weighted by molar-refractivity contribution is 5.77. The van der Waals surface area contributed by atoms with Crippen LogP contribution in [-0.2, 0) is 24.2 Å². The van der Waals surface area contributed by atoms with Gasteiger partial charge in [-0.3, -0.25) is 14.5 Å². The molecule has 2 heterocycles. The van der Waals surface area contributed by atoms with Crippen molar-refractivity contribution in [3.05, 3.63) is 51.8 Å². The van der Waals surface area contributed by atoms with Gasteiger partial charge in [0.25, 0.3) is 0 Å². The van der Waals surface area contributed by atoms with E-state index in [1.807, 2.05) is 25.3 Å². The summed E-state index contributed by atoms with van der Waals surface area (Å²) in [5, 5.41) is 10.1. The highest BCUT2D eigenvalue weighted by Gasteiger charge is 2.21. The van der Waals surface area contributed by atoms with Gasteiger partial charge in [0.1, 0.15) is 0 Å². The van der Waals surface area contributed by atoms with Gasteiger partial charge in [-0.05, 0) is 43.0 Å². The molecule has 0 saturated heterocycles. The summed E-state index contributed by atoms with van der Waals surface area (Å²) >= 11 is 0. The molecule has 1 aliphatic carbocycles. The van der Waals surface area contributed by atoms with Gasteiger partial charge >= 0.3 is 5.76 Å². The van der Waals surface area contributed by atoms with Gasteiger partial charge in [0.05, 0.1) is 11.7 Å². The van der Waals surface area contributed by atoms with Gasteiger partial charge in [0.2, 0.25) is 5.91 Å². The van der Waals surface area contributed by atoms with Crippen molar-refractivity contribution in [2.75, 3.05) is 0 Å². The molecular formula is C18H20N4O3. The molecule has 0 bridgehead atoms. The number of aromatic amines is 1. The summed E-state index contributed by atoms with van der Waals surface area (Å²) in [6, 6.07) is 5.70. The zero-order valence-corrected chi connectivity index (χ0v) is 14.0. The van der Waals surface area contributed by atoms with Gasteiger partial charge in [-0.1, -0.05) is 6.07 Å². The average molecular weight is 340 g/mol. The lowest BCUT2D eigenvalue weighted by molar-refractivity contribution is -0.122. The smallest absolute Gasteiger partial charge is 0.408 e. The summed E-state index contributed by atoms with van der Waals surface area (Å²) in [4.78, 5) is 24.3. The van der Waals surface area contributed by atoms with Gasteiger partial charge in [-0.15, -0.1) is 0 Å². The molecule has 0 radical (unpaired) electrons. The standard InChI is InChI=1S/C18H20N4O3/c1-11-2-5-16-15(8-11)22(18(24)25-16)7-6-17(23)20-13-4-3-12-10-19-21-14(12)9-13/h2,5,8,10,13H,3-4,6-7,9H2,1H3,(H,19,21)(H,20,23)/t13-/m0/s1. The van der Waals surface area contributed by atoms with Crippen molar-refractivity contribution in [1.29, 1.82) is 0 Å². The number of nitrogens with one attached hydrogen (secondary N) is 2. The van der Waals surface area contributed by atoms with Crippen molar-refractivity contribution in [2.24, 2.45) is 0 Å². The molecule has 1 atom stereocenters. The minimum atomic E-state index is -0.423. The van der Waals surface area contributed by atoms with E-state index >= 15 is 0 Å². The van der Waals surface area contributed by atoms with Crippen LogP contribution in [0.5, 0.6) is 0 Å². The van der Waals surface area contributed by atoms with Crippen LogP contribution < -0.4 is 11.1 Å². The van der Waals surface area contributed by atoms with E-state index in [-0.39, 0.29) is 18.4 Å². The number of oxazole rings is 1. The number of nitrogens with zero attached hydrogens (tertiary/aromatic N) is 2. The quantitative estimate of drug-likeness (QED) is 0.756. The molecule has 1 aliphatic rings. The second-order valence-corrected chi connectivity index (χ2v) is 6.62. The molecule has 0 aliphatic heterocycles. The van der Waals surface area contributed by atoms with Crippen molar-refractivity contribution >= 4 is 17.0 Å². The number of hydrogen-bond donors (Lipinski definition) is 2. The number of rotatable bonds is 4. The Morgan fingerprint density at radius 2 is 2.36 bits per heavy atom. The van der Waals surface area contributed by atoms with E-state index in [1.54, 1.807) is 6.07 Å². The van der Waals surface area contributed by atoms with Crippen LogP contribution in [0, 0.1) is 6.92 Å². The average Bonchev–Trinajstić information content (AvgIpc) is 3.16. The van der Waals surface area contributed by atoms with Crippen LogP contribution in [0.15, 0.2) is 33.6 Å². The summed E-state index contributed by atoms with van der Waals surface area (Å²) in [5.74, 6) is -0.477. The normalized spacial score (nSPS) is 16.8. The number of aromatic nitrogens is 3. The predicted molar refractivity (Wildman–Crippen MR) is 92.4 cm³/mol. The van der Waals surface area contributed by atoms with Gasteiger partial charge < -0.3 is 9.73 Å². The molecule has 4 rings (SSSR count). The molecule has 1 amide bonds. The fourth-order valence-corrected chi connectivity index (χ4v) is 3.43. The summed E-state index contributed by atoms with van der Waals surface area (Å²) in [6.07, 6.45) is 4.70. The highest BCUT2D eigenvalue weighted by Crippen LogP contribution is 2.19. The zero-order valence-electron chi connectivity index (χ0n) is 14.0. The summed E-state index contributed by atoms with van der Waals surface area (Å²) in [5.41, 5.74) is 4.66. The molecule has 0 fully saturated rings. The lowest BCUT2D eigenvalue weighted by Gasteiger charge is -2.22. The number of fused-ring (bicyclic) bond motifs is 2. The van der Waals surface area contributed by atoms with Crippen molar-refractivity contribution < 1.29 is 9.21 Å². The van der Waals surface area contributed by atoms with Crippen molar-refractivity contribution in [3.8, 4) is 0 Å². The Morgan fingerprint density at radius 3 is 3.24 bits per heavy atom. The Morgan fingerprint density at radius 1 is 1.48 bits per heavy atom. The number of benzene rings is 1. The molecule has 7 nitrogen and oxygen atoms in total. The Bertz CT molecular complexity index is 982. The Labute approximate surface area is 144 Å². The van der Waals surface area contributed by atoms with Gasteiger partial charge in [0, 0.05) is 31.1 Å². The summed E-state index contributed by atoms with van der Waals surface area (Å²) in [6.45, 7) is 2.27. The maximum Gasteiger partial charge on any atom is 0.419 e. The maximum absolute atomic E-state index is 12.3. The van der Waals surface area contributed by atoms with Crippen molar-refractivity contribution in [1.82, 2.24) is 20.1 Å². The third-order valence-electron chi connectivity index (χ3n) is 4.77. The topological polar surface area (TPSA) is 92.9 Å². The molecule has 1 aromatic carbocycles. The molecule has 2 N–H and O–H groups in total. The van der Waals surface area contributed by atoms with E-state index in [0.29, 0.717) is 12.1 Å². The summed E-state index contributed by atoms with van der Waals surface area (Å²) in [7, 11) is 0. The minimum absolute atomic E-state index is 0.0538. The van der Waals surface area contributed by atoms with E-state index in [2.05, 4.69) is 15.5 Å². The van der Waals surface area contributed by atoms with Crippen LogP contribution in [-0.4, -0.2) is 26.7 Å². The summed E-state index contributed by atoms with van der Waals surface area (Å²) < 4.78 is 6.75. The van der Waals surface area contributed by atoms with Crippen LogP contribution in [0.4, 0.5) is 0 Å². The third-order valence-corrected chi connectivity index (χ3v) is 4.77. The van der Waals surface area contributed by atoms with Crippen molar-refractivity contribution in [3.63, 3.8) is 0 Å². The second-order valence-electron chi connectivity index (χ2n) is 6.62. The SMILES string of the molecule is Cc1ccc2oc(=O)n(CCC(=O)N[C@H]3CCc4cn[nH]c4C3)c2c1. The number of hydrogen-bond acceptors (Lipinski definition) is 4. The molecule has 0 unspecified atom stereocenters. The van der Waals surface area contributed by atoms with Crippen LogP contribution in [0.1, 0.15) is 29.7 Å². The molecule has 7 heteroatoms. The molecule has 25 heavy (non-hydrogen) atoms. The molecule has 0 spiro atoms. The lowest BCUT2D eigenvalue weighted by Crippen LogP contribution is -2.39. The Hall–Kier alpha value is -2.83. The molecular weight excluding hydrogens is 320 g/mol. The first kappa shape index (κ1) is 15.7. The fraction of sp³-hybridized carbons (Fsp3) is 0.389. The van der Waals surface area contributed by atoms with Crippen LogP contribution in [0.2, 0.25) is 0 Å². The monoisotopic (exact) mass is 340 g/mol. The van der Waals surface area contributed by atoms with Gasteiger partial charge in [-0.2, -0.15) is 5.10 Å². The molecule has 3 aromatic rings. The van der Waals surface area contributed by atoms with Crippen molar-refractivity contribution in [2.45, 2.75) is 45.2 Å². The number of carbonyl (C=O) groups excluding carboxylic acids is 1. The Balaban J connectivity index is 1.40. The zero-order chi connectivity index (χ0) is 17.4. The van der Waals surface area contributed by atoms with E-state index in [1.165, 1.54) is 10.1 Å². The van der Waals surface area contributed by atoms with E-state index in [0.717, 1.165) is 36.0 Å². The number of H-pyrrole nitrogens is 1. The van der Waals surface area contributed by atoms with Gasteiger partial charge in [0.15, 0.2) is 5.58 Å². The van der Waals surface area contributed by atoms with Crippen LogP contribution in [0.3, 0.4) is 0 Å². The number of carbonyl (C=O) groups is 1. The highest BCUT2D eigenvalue weighted by atomic mass is 16.4. The largest absolute Gasteiger partial charge is 0.419 e. The first-order valence-corrected chi connectivity index (χ1v) is 8.50. The Kier molecular flexibility index (Phi) is 3.91. The molecule has 0 saturated carbocycles. The number of amides is 1. The van der Waals surface area contributed by atoms with Gasteiger partial charge in [-0.25, -0.2) is 4.79 Å². The van der Waals surface area contributed by atoms with E-state index in [4.69, 9.17) is 4.42 Å². The van der Waals surface area contributed by atoms with Crippen LogP contribution >= 0.6 is 0 Å².